The summed E-state index contributed by atoms with van der Waals surface area (Å²) in [6.45, 7) is 1.64. The van der Waals surface area contributed by atoms with Gasteiger partial charge in [0.05, 0.1) is 11.4 Å². The number of alkyl halides is 3. The van der Waals surface area contributed by atoms with Crippen molar-refractivity contribution < 1.29 is 23.1 Å². The highest BCUT2D eigenvalue weighted by Crippen LogP contribution is 2.30. The molecule has 2 N–H and O–H groups in total. The first kappa shape index (κ1) is 14.8. The Morgan fingerprint density at radius 1 is 1.38 bits per heavy atom. The van der Waals surface area contributed by atoms with Crippen LogP contribution in [0.1, 0.15) is 21.7 Å². The maximum atomic E-state index is 12.7. The van der Waals surface area contributed by atoms with E-state index in [9.17, 15) is 18.0 Å². The van der Waals surface area contributed by atoms with E-state index in [4.69, 9.17) is 5.11 Å². The number of halogens is 3. The number of rotatable bonds is 3. The number of aryl methyl sites for hydroxylation is 2. The second-order valence-electron chi connectivity index (χ2n) is 4.32. The molecular formula is C12H11F3N4O2. The third-order valence-corrected chi connectivity index (χ3v) is 2.68. The van der Waals surface area contributed by atoms with E-state index < -0.39 is 17.8 Å². The third-order valence-electron chi connectivity index (χ3n) is 2.68. The van der Waals surface area contributed by atoms with Crippen LogP contribution in [0.2, 0.25) is 0 Å². The highest BCUT2D eigenvalue weighted by molar-refractivity contribution is 5.94. The lowest BCUT2D eigenvalue weighted by Crippen LogP contribution is -2.12. The molecule has 0 atom stereocenters. The van der Waals surface area contributed by atoms with Crippen molar-refractivity contribution >= 4 is 17.5 Å². The number of aromatic nitrogens is 3. The van der Waals surface area contributed by atoms with E-state index in [-0.39, 0.29) is 11.4 Å². The molecule has 2 rings (SSSR count). The summed E-state index contributed by atoms with van der Waals surface area (Å²) in [5.74, 6) is -1.76. The van der Waals surface area contributed by atoms with Crippen LogP contribution in [0.3, 0.4) is 0 Å². The second-order valence-corrected chi connectivity index (χ2v) is 4.32. The van der Waals surface area contributed by atoms with E-state index in [1.807, 2.05) is 0 Å². The molecule has 0 bridgehead atoms. The molecule has 9 heteroatoms. The fourth-order valence-corrected chi connectivity index (χ4v) is 1.73. The molecule has 2 aromatic rings. The van der Waals surface area contributed by atoms with Crippen LogP contribution < -0.4 is 5.32 Å². The summed E-state index contributed by atoms with van der Waals surface area (Å²) >= 11 is 0. The van der Waals surface area contributed by atoms with Crippen molar-refractivity contribution in [3.8, 4) is 0 Å². The summed E-state index contributed by atoms with van der Waals surface area (Å²) in [6, 6.07) is 1.50. The zero-order valence-electron chi connectivity index (χ0n) is 11.1. The van der Waals surface area contributed by atoms with E-state index >= 15 is 0 Å². The lowest BCUT2D eigenvalue weighted by molar-refractivity contribution is -0.141. The highest BCUT2D eigenvalue weighted by atomic mass is 19.4. The number of carboxylic acids is 1. The molecule has 0 aliphatic carbocycles. The van der Waals surface area contributed by atoms with Crippen molar-refractivity contribution in [2.24, 2.45) is 7.05 Å². The van der Waals surface area contributed by atoms with Gasteiger partial charge in [-0.05, 0) is 19.1 Å². The highest BCUT2D eigenvalue weighted by Gasteiger charge is 2.33. The predicted octanol–water partition coefficient (Wildman–Crippen LogP) is 2.58. The maximum Gasteiger partial charge on any atom is 0.433 e. The van der Waals surface area contributed by atoms with Gasteiger partial charge < -0.3 is 10.4 Å². The molecule has 0 spiro atoms. The molecule has 0 fully saturated rings. The van der Waals surface area contributed by atoms with Gasteiger partial charge in [0.25, 0.3) is 0 Å². The Morgan fingerprint density at radius 3 is 2.52 bits per heavy atom. The van der Waals surface area contributed by atoms with Crippen molar-refractivity contribution in [1.82, 2.24) is 14.8 Å². The largest absolute Gasteiger partial charge is 0.478 e. The van der Waals surface area contributed by atoms with Crippen LogP contribution in [0.4, 0.5) is 24.7 Å². The molecular weight excluding hydrogens is 289 g/mol. The van der Waals surface area contributed by atoms with Crippen LogP contribution in [-0.2, 0) is 13.2 Å². The molecule has 0 saturated carbocycles. The van der Waals surface area contributed by atoms with Gasteiger partial charge in [0.2, 0.25) is 0 Å². The van der Waals surface area contributed by atoms with Gasteiger partial charge in [-0.1, -0.05) is 0 Å². The number of pyridine rings is 1. The lowest BCUT2D eigenvalue weighted by atomic mass is 10.2. The summed E-state index contributed by atoms with van der Waals surface area (Å²) in [6.07, 6.45) is -3.14. The topological polar surface area (TPSA) is 80.0 Å². The summed E-state index contributed by atoms with van der Waals surface area (Å²) in [4.78, 5) is 14.4. The first-order chi connectivity index (χ1) is 9.68. The third kappa shape index (κ3) is 3.12. The van der Waals surface area contributed by atoms with Crippen molar-refractivity contribution in [2.75, 3.05) is 5.32 Å². The number of hydrogen-bond donors (Lipinski definition) is 2. The smallest absolute Gasteiger partial charge is 0.433 e. The van der Waals surface area contributed by atoms with Crippen LogP contribution in [-0.4, -0.2) is 25.8 Å². The van der Waals surface area contributed by atoms with Gasteiger partial charge >= 0.3 is 12.1 Å². The first-order valence-corrected chi connectivity index (χ1v) is 5.77. The molecule has 112 valence electrons. The Morgan fingerprint density at radius 2 is 2.05 bits per heavy atom. The van der Waals surface area contributed by atoms with E-state index in [1.54, 1.807) is 14.0 Å². The Kier molecular flexibility index (Phi) is 3.58. The van der Waals surface area contributed by atoms with E-state index in [0.717, 1.165) is 6.07 Å². The minimum atomic E-state index is -4.66. The van der Waals surface area contributed by atoms with Crippen molar-refractivity contribution in [3.63, 3.8) is 0 Å². The van der Waals surface area contributed by atoms with Gasteiger partial charge in [0, 0.05) is 13.2 Å². The normalized spacial score (nSPS) is 11.5. The number of nitrogens with zero attached hydrogens (tertiary/aromatic N) is 3. The van der Waals surface area contributed by atoms with Crippen molar-refractivity contribution in [3.05, 3.63) is 35.3 Å². The number of carbonyl (C=O) groups is 1. The molecule has 0 aliphatic rings. The lowest BCUT2D eigenvalue weighted by Gasteiger charge is -2.11. The average molecular weight is 300 g/mol. The minimum absolute atomic E-state index is 0.355. The molecule has 21 heavy (non-hydrogen) atoms. The molecule has 0 aromatic carbocycles. The van der Waals surface area contributed by atoms with Gasteiger partial charge in [-0.25, -0.2) is 9.78 Å². The van der Waals surface area contributed by atoms with E-state index in [2.05, 4.69) is 15.4 Å². The minimum Gasteiger partial charge on any atom is -0.478 e. The molecule has 0 amide bonds. The Bertz CT molecular complexity index is 694. The monoisotopic (exact) mass is 300 g/mol. The molecule has 0 aliphatic heterocycles. The van der Waals surface area contributed by atoms with Crippen molar-refractivity contribution in [2.45, 2.75) is 13.1 Å². The average Bonchev–Trinajstić information content (AvgIpc) is 2.66. The number of carboxylic acid groups (broad SMARTS) is 1. The maximum absolute atomic E-state index is 12.7. The Hall–Kier alpha value is -2.58. The fraction of sp³-hybridized carbons (Fsp3) is 0.250. The van der Waals surface area contributed by atoms with Crippen LogP contribution in [0.15, 0.2) is 18.3 Å². The Balaban J connectivity index is 2.49. The standard InChI is InChI=1S/C12H11F3N4O2/c1-6-8(5-19(2)18-6)16-10-7(11(20)21)3-4-9(17-10)12(13,14)15/h3-5H,1-2H3,(H,16,17)(H,20,21). The number of anilines is 2. The van der Waals surface area contributed by atoms with Crippen LogP contribution >= 0.6 is 0 Å². The Labute approximate surface area is 117 Å². The summed E-state index contributed by atoms with van der Waals surface area (Å²) < 4.78 is 39.5. The summed E-state index contributed by atoms with van der Waals surface area (Å²) in [7, 11) is 1.63. The summed E-state index contributed by atoms with van der Waals surface area (Å²) in [5, 5.41) is 15.6. The molecule has 0 radical (unpaired) electrons. The van der Waals surface area contributed by atoms with Gasteiger partial charge in [0.15, 0.2) is 0 Å². The van der Waals surface area contributed by atoms with Gasteiger partial charge in [0.1, 0.15) is 17.1 Å². The molecule has 2 heterocycles. The predicted molar refractivity (Wildman–Crippen MR) is 67.4 cm³/mol. The number of hydrogen-bond acceptors (Lipinski definition) is 4. The SMILES string of the molecule is Cc1nn(C)cc1Nc1nc(C(F)(F)F)ccc1C(=O)O. The second kappa shape index (κ2) is 5.08. The molecule has 0 unspecified atom stereocenters. The van der Waals surface area contributed by atoms with Gasteiger partial charge in [-0.15, -0.1) is 0 Å². The van der Waals surface area contributed by atoms with Gasteiger partial charge in [-0.2, -0.15) is 18.3 Å². The fourth-order valence-electron chi connectivity index (χ4n) is 1.73. The first-order valence-electron chi connectivity index (χ1n) is 5.77. The number of nitrogens with one attached hydrogen (secondary N) is 1. The van der Waals surface area contributed by atoms with Crippen LogP contribution in [0.5, 0.6) is 0 Å². The van der Waals surface area contributed by atoms with Crippen molar-refractivity contribution in [1.29, 1.82) is 0 Å². The zero-order chi connectivity index (χ0) is 15.8. The van der Waals surface area contributed by atoms with E-state index in [0.29, 0.717) is 17.4 Å². The molecule has 6 nitrogen and oxygen atoms in total. The quantitative estimate of drug-likeness (QED) is 0.910. The molecule has 2 aromatic heterocycles. The van der Waals surface area contributed by atoms with Gasteiger partial charge in [-0.3, -0.25) is 4.68 Å². The summed E-state index contributed by atoms with van der Waals surface area (Å²) in [5.41, 5.74) is -0.636. The van der Waals surface area contributed by atoms with Crippen LogP contribution in [0.25, 0.3) is 0 Å². The molecule has 0 saturated heterocycles. The number of aromatic carboxylic acids is 1. The zero-order valence-corrected chi connectivity index (χ0v) is 11.1. The van der Waals surface area contributed by atoms with E-state index in [1.165, 1.54) is 10.9 Å². The van der Waals surface area contributed by atoms with Crippen LogP contribution in [0, 0.1) is 6.92 Å².